The number of nitrogens with zero attached hydrogens (tertiary/aromatic N) is 3. The van der Waals surface area contributed by atoms with Gasteiger partial charge in [-0.25, -0.2) is 0 Å². The Hall–Kier alpha value is -2.77. The number of fused-ring (bicyclic) bond motifs is 1. The third-order valence-electron chi connectivity index (χ3n) is 3.21. The van der Waals surface area contributed by atoms with Gasteiger partial charge in [-0.15, -0.1) is 0 Å². The predicted octanol–water partition coefficient (Wildman–Crippen LogP) is 0.890. The molecule has 0 unspecified atom stereocenters. The maximum atomic E-state index is 12.0. The number of hydrogen-bond donors (Lipinski definition) is 2. The first-order chi connectivity index (χ1) is 10.6. The van der Waals surface area contributed by atoms with Gasteiger partial charge in [-0.1, -0.05) is 0 Å². The van der Waals surface area contributed by atoms with E-state index < -0.39 is 0 Å². The van der Waals surface area contributed by atoms with Crippen molar-refractivity contribution in [2.24, 2.45) is 0 Å². The molecule has 0 saturated heterocycles. The van der Waals surface area contributed by atoms with Crippen LogP contribution >= 0.6 is 0 Å². The van der Waals surface area contributed by atoms with Crippen molar-refractivity contribution in [2.45, 2.75) is 6.54 Å². The van der Waals surface area contributed by atoms with Crippen LogP contribution in [0, 0.1) is 0 Å². The fraction of sp³-hybridized carbons (Fsp3) is 0.357. The molecule has 2 N–H and O–H groups in total. The minimum absolute atomic E-state index is 0.119. The van der Waals surface area contributed by atoms with Gasteiger partial charge >= 0.3 is 0 Å². The maximum absolute atomic E-state index is 12.0. The van der Waals surface area contributed by atoms with Crippen LogP contribution in [0.3, 0.4) is 0 Å². The van der Waals surface area contributed by atoms with Crippen molar-refractivity contribution in [3.8, 4) is 11.5 Å². The van der Waals surface area contributed by atoms with Crippen molar-refractivity contribution >= 4 is 11.7 Å². The molecule has 0 atom stereocenters. The molecular formula is C14H17N5O3. The molecule has 3 rings (SSSR count). The lowest BCUT2D eigenvalue weighted by atomic mass is 10.2. The van der Waals surface area contributed by atoms with E-state index in [1.165, 1.54) is 11.1 Å². The second-order valence-electron chi connectivity index (χ2n) is 5.03. The molecule has 2 aromatic rings. The van der Waals surface area contributed by atoms with Crippen LogP contribution in [0.1, 0.15) is 16.1 Å². The van der Waals surface area contributed by atoms with Gasteiger partial charge in [-0.2, -0.15) is 5.10 Å². The van der Waals surface area contributed by atoms with Gasteiger partial charge in [0.1, 0.15) is 24.6 Å². The average molecular weight is 303 g/mol. The normalized spacial score (nSPS) is 12.8. The van der Waals surface area contributed by atoms with E-state index in [0.717, 1.165) is 5.69 Å². The molecular weight excluding hydrogens is 286 g/mol. The van der Waals surface area contributed by atoms with Gasteiger partial charge in [0.05, 0.1) is 24.6 Å². The van der Waals surface area contributed by atoms with E-state index in [4.69, 9.17) is 9.47 Å². The first kappa shape index (κ1) is 14.2. The van der Waals surface area contributed by atoms with Crippen molar-refractivity contribution in [3.63, 3.8) is 0 Å². The molecule has 8 heteroatoms. The lowest BCUT2D eigenvalue weighted by molar-refractivity contribution is 0.0828. The number of pyridine rings is 1. The van der Waals surface area contributed by atoms with Gasteiger partial charge < -0.3 is 19.7 Å². The molecule has 1 aliphatic heterocycles. The first-order valence-corrected chi connectivity index (χ1v) is 6.88. The minimum atomic E-state index is -0.119. The highest BCUT2D eigenvalue weighted by Crippen LogP contribution is 2.29. The Labute approximate surface area is 127 Å². The number of carbonyl (C=O) groups excluding carboxylic acids is 1. The smallest absolute Gasteiger partial charge is 0.258 e. The number of aromatic nitrogens is 3. The summed E-state index contributed by atoms with van der Waals surface area (Å²) in [6, 6.07) is 1.82. The van der Waals surface area contributed by atoms with Crippen LogP contribution in [0.4, 0.5) is 5.82 Å². The number of H-pyrrole nitrogens is 1. The van der Waals surface area contributed by atoms with Crippen LogP contribution in [-0.4, -0.2) is 53.3 Å². The van der Waals surface area contributed by atoms with Crippen LogP contribution in [-0.2, 0) is 6.54 Å². The predicted molar refractivity (Wildman–Crippen MR) is 79.2 cm³/mol. The van der Waals surface area contributed by atoms with Gasteiger partial charge in [0.15, 0.2) is 11.5 Å². The van der Waals surface area contributed by atoms with Crippen molar-refractivity contribution in [3.05, 3.63) is 29.7 Å². The van der Waals surface area contributed by atoms with Crippen LogP contribution in [0.25, 0.3) is 0 Å². The van der Waals surface area contributed by atoms with E-state index in [9.17, 15) is 4.79 Å². The van der Waals surface area contributed by atoms with E-state index in [2.05, 4.69) is 20.5 Å². The lowest BCUT2D eigenvalue weighted by Crippen LogP contribution is -2.22. The van der Waals surface area contributed by atoms with Crippen LogP contribution in [0.5, 0.6) is 11.5 Å². The van der Waals surface area contributed by atoms with Gasteiger partial charge in [-0.3, -0.25) is 14.9 Å². The van der Waals surface area contributed by atoms with E-state index in [0.29, 0.717) is 42.6 Å². The van der Waals surface area contributed by atoms with Crippen molar-refractivity contribution < 1.29 is 14.3 Å². The number of aromatic amines is 1. The summed E-state index contributed by atoms with van der Waals surface area (Å²) in [5, 5.41) is 9.82. The number of amides is 1. The molecule has 3 heterocycles. The van der Waals surface area contributed by atoms with E-state index >= 15 is 0 Å². The Balaban J connectivity index is 1.71. The number of anilines is 1. The Morgan fingerprint density at radius 3 is 2.86 bits per heavy atom. The van der Waals surface area contributed by atoms with E-state index in [-0.39, 0.29) is 5.91 Å². The highest BCUT2D eigenvalue weighted by Gasteiger charge is 2.16. The third kappa shape index (κ3) is 2.80. The molecule has 22 heavy (non-hydrogen) atoms. The van der Waals surface area contributed by atoms with Crippen molar-refractivity contribution in [1.82, 2.24) is 20.1 Å². The molecule has 0 aromatic carbocycles. The number of nitrogens with one attached hydrogen (secondary N) is 2. The molecule has 116 valence electrons. The summed E-state index contributed by atoms with van der Waals surface area (Å²) in [6.45, 7) is 1.51. The Morgan fingerprint density at radius 2 is 2.09 bits per heavy atom. The summed E-state index contributed by atoms with van der Waals surface area (Å²) in [5.74, 6) is 1.79. The SMILES string of the molecule is CN(C)C(=O)c1cn[nH]c1NCc1cc2c(cn1)OCCO2. The Morgan fingerprint density at radius 1 is 1.32 bits per heavy atom. The summed E-state index contributed by atoms with van der Waals surface area (Å²) in [5.41, 5.74) is 1.27. The van der Waals surface area contributed by atoms with Gasteiger partial charge in [0.2, 0.25) is 0 Å². The first-order valence-electron chi connectivity index (χ1n) is 6.88. The van der Waals surface area contributed by atoms with Crippen LogP contribution in [0.2, 0.25) is 0 Å². The van der Waals surface area contributed by atoms with Gasteiger partial charge in [0, 0.05) is 20.2 Å². The van der Waals surface area contributed by atoms with E-state index in [1.807, 2.05) is 6.07 Å². The summed E-state index contributed by atoms with van der Waals surface area (Å²) in [6.07, 6.45) is 3.15. The lowest BCUT2D eigenvalue weighted by Gasteiger charge is -2.18. The topological polar surface area (TPSA) is 92.4 Å². The third-order valence-corrected chi connectivity index (χ3v) is 3.21. The van der Waals surface area contributed by atoms with Crippen LogP contribution < -0.4 is 14.8 Å². The van der Waals surface area contributed by atoms with Gasteiger partial charge in [0.25, 0.3) is 5.91 Å². The average Bonchev–Trinajstić information content (AvgIpc) is 3.00. The standard InChI is InChI=1S/C14H17N5O3/c1-19(2)14(20)10-7-17-18-13(10)16-6-9-5-11-12(8-15-9)22-4-3-21-11/h5,7-8H,3-4,6H2,1-2H3,(H2,16,17,18). The number of rotatable bonds is 4. The number of carbonyl (C=O) groups is 1. The maximum Gasteiger partial charge on any atom is 0.258 e. The zero-order valence-electron chi connectivity index (χ0n) is 12.4. The van der Waals surface area contributed by atoms with Crippen molar-refractivity contribution in [2.75, 3.05) is 32.6 Å². The zero-order valence-corrected chi connectivity index (χ0v) is 12.4. The Bertz CT molecular complexity index is 683. The fourth-order valence-electron chi connectivity index (χ4n) is 2.09. The molecule has 0 radical (unpaired) electrons. The Kier molecular flexibility index (Phi) is 3.82. The highest BCUT2D eigenvalue weighted by atomic mass is 16.6. The largest absolute Gasteiger partial charge is 0.486 e. The summed E-state index contributed by atoms with van der Waals surface area (Å²) < 4.78 is 11.0. The number of hydrogen-bond acceptors (Lipinski definition) is 6. The summed E-state index contributed by atoms with van der Waals surface area (Å²) in [7, 11) is 3.39. The van der Waals surface area contributed by atoms with Gasteiger partial charge in [-0.05, 0) is 0 Å². The highest BCUT2D eigenvalue weighted by molar-refractivity contribution is 5.98. The molecule has 1 aliphatic rings. The second kappa shape index (κ2) is 5.92. The molecule has 2 aromatic heterocycles. The molecule has 8 nitrogen and oxygen atoms in total. The molecule has 0 spiro atoms. The molecule has 0 fully saturated rings. The minimum Gasteiger partial charge on any atom is -0.486 e. The number of ether oxygens (including phenoxy) is 2. The second-order valence-corrected chi connectivity index (χ2v) is 5.03. The quantitative estimate of drug-likeness (QED) is 0.871. The summed E-state index contributed by atoms with van der Waals surface area (Å²) in [4.78, 5) is 17.8. The molecule has 0 saturated carbocycles. The zero-order chi connectivity index (χ0) is 15.5. The van der Waals surface area contributed by atoms with E-state index in [1.54, 1.807) is 20.3 Å². The molecule has 0 bridgehead atoms. The summed E-state index contributed by atoms with van der Waals surface area (Å²) >= 11 is 0. The monoisotopic (exact) mass is 303 g/mol. The molecule has 1 amide bonds. The van der Waals surface area contributed by atoms with Crippen molar-refractivity contribution in [1.29, 1.82) is 0 Å². The van der Waals surface area contributed by atoms with Crippen LogP contribution in [0.15, 0.2) is 18.5 Å². The molecule has 0 aliphatic carbocycles. The fourth-order valence-corrected chi connectivity index (χ4v) is 2.09.